The molecule has 0 saturated carbocycles. The number of nitrogens with zero attached hydrogens (tertiary/aromatic N) is 2. The Hall–Kier alpha value is -1.56. The van der Waals surface area contributed by atoms with E-state index in [1.165, 1.54) is 16.0 Å². The summed E-state index contributed by atoms with van der Waals surface area (Å²) < 4.78 is 0. The minimum Gasteiger partial charge on any atom is -0.284 e. The molecule has 1 saturated heterocycles. The lowest BCUT2D eigenvalue weighted by molar-refractivity contribution is 0.784. The van der Waals surface area contributed by atoms with Crippen LogP contribution in [-0.2, 0) is 6.42 Å². The van der Waals surface area contributed by atoms with Crippen molar-refractivity contribution in [2.24, 2.45) is 4.99 Å². The number of rotatable bonds is 7. The number of aliphatic imine (C=N–C) groups is 1. The van der Waals surface area contributed by atoms with Crippen LogP contribution in [0.2, 0.25) is 20.1 Å². The number of aryl methyl sites for hydroxylation is 3. The molecule has 4 rings (SSSR count). The van der Waals surface area contributed by atoms with Crippen molar-refractivity contribution in [1.29, 1.82) is 0 Å². The summed E-state index contributed by atoms with van der Waals surface area (Å²) in [6.45, 7) is 6.99. The molecular weight excluding hydrogens is 540 g/mol. The predicted molar refractivity (Wildman–Crippen MR) is 155 cm³/mol. The topological polar surface area (TPSA) is 27.6 Å². The summed E-state index contributed by atoms with van der Waals surface area (Å²) in [5.74, 6) is 0.799. The highest BCUT2D eigenvalue weighted by Gasteiger charge is 2.33. The van der Waals surface area contributed by atoms with Crippen LogP contribution in [0.15, 0.2) is 58.4 Å². The average molecular weight is 567 g/mol. The molecule has 184 valence electrons. The first-order chi connectivity index (χ1) is 16.7. The molecule has 1 N–H and O–H groups in total. The van der Waals surface area contributed by atoms with E-state index < -0.39 is 0 Å². The Balaban J connectivity index is 1.74. The molecule has 3 aromatic rings. The van der Waals surface area contributed by atoms with Crippen LogP contribution < -0.4 is 10.4 Å². The number of hydrazine groups is 1. The molecule has 0 bridgehead atoms. The van der Waals surface area contributed by atoms with Crippen LogP contribution in [0.4, 0.5) is 11.4 Å². The summed E-state index contributed by atoms with van der Waals surface area (Å²) >= 11 is 27.6. The fourth-order valence-electron chi connectivity index (χ4n) is 3.97. The molecular formula is C27H27Cl4N3S. The summed E-state index contributed by atoms with van der Waals surface area (Å²) in [5, 5.41) is 4.02. The Kier molecular flexibility index (Phi) is 8.83. The van der Waals surface area contributed by atoms with E-state index in [2.05, 4.69) is 37.5 Å². The Morgan fingerprint density at radius 2 is 1.63 bits per heavy atom. The zero-order valence-electron chi connectivity index (χ0n) is 19.8. The predicted octanol–water partition coefficient (Wildman–Crippen LogP) is 9.48. The Labute approximate surface area is 231 Å². The zero-order chi connectivity index (χ0) is 25.1. The largest absolute Gasteiger partial charge is 0.284 e. The minimum atomic E-state index is 0.0107. The lowest BCUT2D eigenvalue weighted by atomic mass is 10.1. The van der Waals surface area contributed by atoms with E-state index >= 15 is 0 Å². The third-order valence-electron chi connectivity index (χ3n) is 5.79. The zero-order valence-corrected chi connectivity index (χ0v) is 23.7. The molecule has 3 nitrogen and oxygen atoms in total. The molecule has 0 spiro atoms. The van der Waals surface area contributed by atoms with E-state index in [0.29, 0.717) is 32.3 Å². The molecule has 0 aliphatic carbocycles. The van der Waals surface area contributed by atoms with Gasteiger partial charge in [0.25, 0.3) is 0 Å². The molecule has 35 heavy (non-hydrogen) atoms. The van der Waals surface area contributed by atoms with E-state index in [0.717, 1.165) is 36.3 Å². The molecule has 1 aliphatic heterocycles. The second kappa shape index (κ2) is 11.7. The average Bonchev–Trinajstić information content (AvgIpc) is 3.16. The molecule has 0 amide bonds. The summed E-state index contributed by atoms with van der Waals surface area (Å²) in [5.41, 5.74) is 8.54. The van der Waals surface area contributed by atoms with E-state index in [1.807, 2.05) is 30.1 Å². The van der Waals surface area contributed by atoms with Gasteiger partial charge in [-0.2, -0.15) is 0 Å². The minimum absolute atomic E-state index is 0.0107. The number of unbranched alkanes of at least 4 members (excludes halogenated alkanes) is 1. The highest BCUT2D eigenvalue weighted by atomic mass is 35.5. The van der Waals surface area contributed by atoms with Gasteiger partial charge in [0.15, 0.2) is 0 Å². The molecule has 1 atom stereocenters. The molecule has 1 fully saturated rings. The van der Waals surface area contributed by atoms with Gasteiger partial charge < -0.3 is 0 Å². The summed E-state index contributed by atoms with van der Waals surface area (Å²) in [7, 11) is 0. The lowest BCUT2D eigenvalue weighted by Gasteiger charge is -2.21. The SMILES string of the molecule is CCCCc1ccc(C)cc1SC1CN(c2c(Cl)cc(Cl)cc2Cl)NC1=Nc1cc(C)ccc1Cl. The van der Waals surface area contributed by atoms with Crippen molar-refractivity contribution in [3.8, 4) is 0 Å². The highest BCUT2D eigenvalue weighted by molar-refractivity contribution is 8.00. The number of halogens is 4. The number of hydrogen-bond donors (Lipinski definition) is 1. The normalized spacial score (nSPS) is 16.7. The van der Waals surface area contributed by atoms with Crippen molar-refractivity contribution >= 4 is 75.4 Å². The molecule has 0 radical (unpaired) electrons. The quantitative estimate of drug-likeness (QED) is 0.308. The Morgan fingerprint density at radius 1 is 0.943 bits per heavy atom. The van der Waals surface area contributed by atoms with Gasteiger partial charge in [-0.15, -0.1) is 11.8 Å². The fraction of sp³-hybridized carbons (Fsp3) is 0.296. The van der Waals surface area contributed by atoms with Crippen molar-refractivity contribution in [2.75, 3.05) is 11.6 Å². The van der Waals surface area contributed by atoms with Crippen LogP contribution in [0.5, 0.6) is 0 Å². The maximum absolute atomic E-state index is 6.56. The fourth-order valence-corrected chi connectivity index (χ4v) is 6.48. The van der Waals surface area contributed by atoms with Gasteiger partial charge in [-0.25, -0.2) is 4.99 Å². The monoisotopic (exact) mass is 565 g/mol. The van der Waals surface area contributed by atoms with E-state index in [9.17, 15) is 0 Å². The first-order valence-corrected chi connectivity index (χ1v) is 13.9. The second-order valence-corrected chi connectivity index (χ2v) is 11.6. The summed E-state index contributed by atoms with van der Waals surface area (Å²) in [6, 6.07) is 15.9. The van der Waals surface area contributed by atoms with E-state index in [4.69, 9.17) is 51.4 Å². The van der Waals surface area contributed by atoms with Crippen molar-refractivity contribution in [2.45, 2.75) is 50.2 Å². The molecule has 8 heteroatoms. The molecule has 1 unspecified atom stereocenters. The van der Waals surface area contributed by atoms with Gasteiger partial charge in [-0.1, -0.05) is 83.5 Å². The van der Waals surface area contributed by atoms with E-state index in [1.54, 1.807) is 23.9 Å². The van der Waals surface area contributed by atoms with Crippen LogP contribution in [0.3, 0.4) is 0 Å². The van der Waals surface area contributed by atoms with Crippen molar-refractivity contribution in [3.63, 3.8) is 0 Å². The lowest BCUT2D eigenvalue weighted by Crippen LogP contribution is -2.33. The third-order valence-corrected chi connectivity index (χ3v) is 8.19. The van der Waals surface area contributed by atoms with Crippen LogP contribution in [0, 0.1) is 13.8 Å². The number of benzene rings is 3. The second-order valence-electron chi connectivity index (χ2n) is 8.71. The van der Waals surface area contributed by atoms with Crippen molar-refractivity contribution in [3.05, 3.63) is 85.3 Å². The number of thioether (sulfide) groups is 1. The Bertz CT molecular complexity index is 1240. The van der Waals surface area contributed by atoms with E-state index in [-0.39, 0.29) is 5.25 Å². The molecule has 1 aliphatic rings. The maximum Gasteiger partial charge on any atom is 0.136 e. The van der Waals surface area contributed by atoms with Crippen molar-refractivity contribution in [1.82, 2.24) is 5.43 Å². The smallest absolute Gasteiger partial charge is 0.136 e. The van der Waals surface area contributed by atoms with Crippen molar-refractivity contribution < 1.29 is 0 Å². The van der Waals surface area contributed by atoms with Gasteiger partial charge in [-0.05, 0) is 68.1 Å². The standard InChI is InChI=1S/C27H27Cl4N3S/c1-4-5-6-18-9-7-17(3)12-24(18)35-25-15-34(26-21(30)13-19(28)14-22(26)31)33-27(25)32-23-11-16(2)8-10-20(23)29/h7-14,25H,4-6,15H2,1-3H3,(H,32,33). The number of amidine groups is 1. The van der Waals surface area contributed by atoms with Gasteiger partial charge in [-0.3, -0.25) is 10.4 Å². The first-order valence-electron chi connectivity index (χ1n) is 11.5. The van der Waals surface area contributed by atoms with Gasteiger partial charge in [0.05, 0.1) is 38.2 Å². The first kappa shape index (κ1) is 26.5. The number of hydrogen-bond acceptors (Lipinski definition) is 3. The summed E-state index contributed by atoms with van der Waals surface area (Å²) in [6.07, 6.45) is 3.36. The summed E-state index contributed by atoms with van der Waals surface area (Å²) in [4.78, 5) is 6.23. The maximum atomic E-state index is 6.56. The number of anilines is 1. The third kappa shape index (κ3) is 6.42. The number of nitrogens with one attached hydrogen (secondary N) is 1. The van der Waals surface area contributed by atoms with Crippen LogP contribution in [-0.4, -0.2) is 17.6 Å². The molecule has 0 aromatic heterocycles. The molecule has 3 aromatic carbocycles. The van der Waals surface area contributed by atoms with Crippen LogP contribution >= 0.6 is 58.2 Å². The van der Waals surface area contributed by atoms with Gasteiger partial charge in [0, 0.05) is 9.92 Å². The Morgan fingerprint density at radius 3 is 2.34 bits per heavy atom. The highest BCUT2D eigenvalue weighted by Crippen LogP contribution is 2.40. The molecule has 1 heterocycles. The van der Waals surface area contributed by atoms with Crippen LogP contribution in [0.25, 0.3) is 0 Å². The van der Waals surface area contributed by atoms with Gasteiger partial charge in [0.2, 0.25) is 0 Å². The van der Waals surface area contributed by atoms with Gasteiger partial charge >= 0.3 is 0 Å². The van der Waals surface area contributed by atoms with Gasteiger partial charge in [0.1, 0.15) is 5.84 Å². The van der Waals surface area contributed by atoms with Crippen LogP contribution in [0.1, 0.15) is 36.5 Å².